The van der Waals surface area contributed by atoms with E-state index in [2.05, 4.69) is 0 Å². The summed E-state index contributed by atoms with van der Waals surface area (Å²) in [6, 6.07) is 0. The van der Waals surface area contributed by atoms with Crippen LogP contribution in [0.15, 0.2) is 0 Å². The van der Waals surface area contributed by atoms with Gasteiger partial charge in [0.1, 0.15) is 0 Å². The summed E-state index contributed by atoms with van der Waals surface area (Å²) in [4.78, 5) is 11.7. The number of hydrogen-bond donors (Lipinski definition) is 2. The van der Waals surface area contributed by atoms with E-state index < -0.39 is 17.8 Å². The molecule has 0 aromatic heterocycles. The predicted molar refractivity (Wildman–Crippen MR) is 52.1 cm³/mol. The van der Waals surface area contributed by atoms with E-state index in [0.717, 1.165) is 6.42 Å². The van der Waals surface area contributed by atoms with Crippen molar-refractivity contribution < 1.29 is 24.5 Å². The van der Waals surface area contributed by atoms with Crippen molar-refractivity contribution in [2.24, 2.45) is 23.7 Å². The van der Waals surface area contributed by atoms with Crippen LogP contribution in [0.1, 0.15) is 13.3 Å². The van der Waals surface area contributed by atoms with E-state index in [1.165, 1.54) is 7.11 Å². The molecule has 90 valence electrons. The molecular weight excluding hydrogens is 212 g/mol. The van der Waals surface area contributed by atoms with Gasteiger partial charge in [0.05, 0.1) is 25.2 Å². The number of fused-ring (bicyclic) bond motifs is 1. The highest BCUT2D eigenvalue weighted by Crippen LogP contribution is 2.62. The van der Waals surface area contributed by atoms with E-state index >= 15 is 0 Å². The fourth-order valence-electron chi connectivity index (χ4n) is 4.03. The SMILES string of the molecule is COC(=O)C1C2CC3C(OC(C)(O)C31)C2O. The number of aliphatic hydroxyl groups excluding tert-OH is 1. The molecule has 0 spiro atoms. The Morgan fingerprint density at radius 1 is 1.50 bits per heavy atom. The number of carbonyl (C=O) groups excluding carboxylic acids is 1. The Morgan fingerprint density at radius 2 is 2.19 bits per heavy atom. The molecule has 7 atom stereocenters. The minimum absolute atomic E-state index is 0.0825. The summed E-state index contributed by atoms with van der Waals surface area (Å²) in [5.41, 5.74) is 0. The molecule has 0 aromatic rings. The summed E-state index contributed by atoms with van der Waals surface area (Å²) in [6.45, 7) is 1.57. The largest absolute Gasteiger partial charge is 0.469 e. The molecule has 3 rings (SSSR count). The molecule has 1 saturated heterocycles. The third kappa shape index (κ3) is 1.04. The van der Waals surface area contributed by atoms with E-state index in [1.807, 2.05) is 0 Å². The second kappa shape index (κ2) is 2.97. The molecule has 1 heterocycles. The van der Waals surface area contributed by atoms with Gasteiger partial charge in [0.15, 0.2) is 5.79 Å². The van der Waals surface area contributed by atoms with Gasteiger partial charge in [-0.3, -0.25) is 4.79 Å². The standard InChI is InChI=1S/C11H16O5/c1-11(14)7-5-3-4(6(7)10(13)15-2)8(12)9(5)16-11/h4-9,12,14H,3H2,1-2H3. The number of rotatable bonds is 1. The van der Waals surface area contributed by atoms with Crippen molar-refractivity contribution in [3.63, 3.8) is 0 Å². The Balaban J connectivity index is 2.00. The Morgan fingerprint density at radius 3 is 2.81 bits per heavy atom. The molecule has 2 N–H and O–H groups in total. The van der Waals surface area contributed by atoms with Gasteiger partial charge >= 0.3 is 5.97 Å². The summed E-state index contributed by atoms with van der Waals surface area (Å²) >= 11 is 0. The van der Waals surface area contributed by atoms with Crippen molar-refractivity contribution in [2.75, 3.05) is 7.11 Å². The van der Waals surface area contributed by atoms with Gasteiger partial charge in [-0.05, 0) is 19.3 Å². The number of methoxy groups -OCH3 is 1. The van der Waals surface area contributed by atoms with Gasteiger partial charge in [-0.2, -0.15) is 0 Å². The summed E-state index contributed by atoms with van der Waals surface area (Å²) in [7, 11) is 1.34. The minimum atomic E-state index is -1.32. The van der Waals surface area contributed by atoms with Crippen molar-refractivity contribution in [3.8, 4) is 0 Å². The van der Waals surface area contributed by atoms with Crippen LogP contribution in [0, 0.1) is 23.7 Å². The Labute approximate surface area is 93.3 Å². The maximum absolute atomic E-state index is 11.7. The smallest absolute Gasteiger partial charge is 0.309 e. The van der Waals surface area contributed by atoms with Crippen LogP contribution in [-0.2, 0) is 14.3 Å². The summed E-state index contributed by atoms with van der Waals surface area (Å²) in [6.07, 6.45) is -0.225. The summed E-state index contributed by atoms with van der Waals surface area (Å²) in [5, 5.41) is 20.2. The Hall–Kier alpha value is -0.650. The number of aliphatic hydroxyl groups is 2. The van der Waals surface area contributed by atoms with E-state index in [0.29, 0.717) is 0 Å². The molecule has 0 amide bonds. The molecular formula is C11H16O5. The molecule has 0 aromatic carbocycles. The van der Waals surface area contributed by atoms with Crippen LogP contribution in [0.3, 0.4) is 0 Å². The van der Waals surface area contributed by atoms with Gasteiger partial charge in [-0.25, -0.2) is 0 Å². The van der Waals surface area contributed by atoms with Crippen molar-refractivity contribution in [3.05, 3.63) is 0 Å². The zero-order chi connectivity index (χ0) is 11.7. The zero-order valence-electron chi connectivity index (χ0n) is 9.29. The maximum Gasteiger partial charge on any atom is 0.309 e. The Bertz CT molecular complexity index is 339. The van der Waals surface area contributed by atoms with Gasteiger partial charge in [0, 0.05) is 11.8 Å². The van der Waals surface area contributed by atoms with Gasteiger partial charge in [-0.15, -0.1) is 0 Å². The highest BCUT2D eigenvalue weighted by molar-refractivity contribution is 5.74. The fraction of sp³-hybridized carbons (Fsp3) is 0.909. The van der Waals surface area contributed by atoms with E-state index in [9.17, 15) is 15.0 Å². The van der Waals surface area contributed by atoms with Gasteiger partial charge in [-0.1, -0.05) is 0 Å². The first-order chi connectivity index (χ1) is 7.47. The Kier molecular flexibility index (Phi) is 1.95. The molecule has 2 aliphatic carbocycles. The van der Waals surface area contributed by atoms with Crippen molar-refractivity contribution in [2.45, 2.75) is 31.3 Å². The quantitative estimate of drug-likeness (QED) is 0.592. The lowest BCUT2D eigenvalue weighted by Crippen LogP contribution is -2.43. The summed E-state index contributed by atoms with van der Waals surface area (Å²) in [5.74, 6) is -2.38. The monoisotopic (exact) mass is 228 g/mol. The number of esters is 1. The van der Waals surface area contributed by atoms with Crippen molar-refractivity contribution in [1.29, 1.82) is 0 Å². The number of hydrogen-bond acceptors (Lipinski definition) is 5. The van der Waals surface area contributed by atoms with Crippen LogP contribution in [-0.4, -0.2) is 41.3 Å². The molecule has 2 saturated carbocycles. The fourth-order valence-corrected chi connectivity index (χ4v) is 4.03. The lowest BCUT2D eigenvalue weighted by Gasteiger charge is -2.30. The first kappa shape index (κ1) is 10.5. The van der Waals surface area contributed by atoms with Crippen LogP contribution in [0.2, 0.25) is 0 Å². The lowest BCUT2D eigenvalue weighted by molar-refractivity contribution is -0.206. The normalized spacial score (nSPS) is 58.0. The molecule has 0 radical (unpaired) electrons. The van der Waals surface area contributed by atoms with Gasteiger partial charge in [0.25, 0.3) is 0 Å². The van der Waals surface area contributed by atoms with E-state index in [-0.39, 0.29) is 29.8 Å². The first-order valence-corrected chi connectivity index (χ1v) is 5.63. The van der Waals surface area contributed by atoms with Crippen LogP contribution in [0.25, 0.3) is 0 Å². The van der Waals surface area contributed by atoms with Crippen LogP contribution < -0.4 is 0 Å². The average Bonchev–Trinajstić information content (AvgIpc) is 2.80. The zero-order valence-corrected chi connectivity index (χ0v) is 9.29. The molecule has 5 heteroatoms. The molecule has 1 aliphatic heterocycles. The molecule has 5 nitrogen and oxygen atoms in total. The predicted octanol–water partition coefficient (Wildman–Crippen LogP) is -0.490. The average molecular weight is 228 g/mol. The lowest BCUT2D eigenvalue weighted by atomic mass is 9.75. The molecule has 7 unspecified atom stereocenters. The molecule has 16 heavy (non-hydrogen) atoms. The van der Waals surface area contributed by atoms with Gasteiger partial charge < -0.3 is 19.7 Å². The maximum atomic E-state index is 11.7. The number of ether oxygens (including phenoxy) is 2. The molecule has 3 fully saturated rings. The highest BCUT2D eigenvalue weighted by atomic mass is 16.6. The second-order valence-corrected chi connectivity index (χ2v) is 5.27. The summed E-state index contributed by atoms with van der Waals surface area (Å²) < 4.78 is 10.2. The van der Waals surface area contributed by atoms with Crippen molar-refractivity contribution in [1.82, 2.24) is 0 Å². The minimum Gasteiger partial charge on any atom is -0.469 e. The first-order valence-electron chi connectivity index (χ1n) is 5.63. The number of carbonyl (C=O) groups is 1. The topological polar surface area (TPSA) is 76.0 Å². The van der Waals surface area contributed by atoms with Gasteiger partial charge in [0.2, 0.25) is 0 Å². The highest BCUT2D eigenvalue weighted by Gasteiger charge is 2.70. The second-order valence-electron chi connectivity index (χ2n) is 5.27. The van der Waals surface area contributed by atoms with Crippen molar-refractivity contribution >= 4 is 5.97 Å². The van der Waals surface area contributed by atoms with Crippen LogP contribution in [0.4, 0.5) is 0 Å². The molecule has 2 bridgehead atoms. The van der Waals surface area contributed by atoms with Crippen LogP contribution >= 0.6 is 0 Å². The van der Waals surface area contributed by atoms with E-state index in [1.54, 1.807) is 6.92 Å². The molecule has 3 aliphatic rings. The third-order valence-electron chi connectivity index (χ3n) is 4.52. The van der Waals surface area contributed by atoms with E-state index in [4.69, 9.17) is 9.47 Å². The third-order valence-corrected chi connectivity index (χ3v) is 4.52. The van der Waals surface area contributed by atoms with Crippen LogP contribution in [0.5, 0.6) is 0 Å².